The maximum Gasteiger partial charge on any atom is 0.160 e. The summed E-state index contributed by atoms with van der Waals surface area (Å²) in [5.41, 5.74) is 17.7. The lowest BCUT2D eigenvalue weighted by Crippen LogP contribution is -2.18. The third-order valence-electron chi connectivity index (χ3n) is 13.5. The Hall–Kier alpha value is -6.90. The van der Waals surface area contributed by atoms with Gasteiger partial charge in [-0.1, -0.05) is 173 Å². The van der Waals surface area contributed by atoms with Crippen LogP contribution < -0.4 is 4.90 Å². The molecule has 0 N–H and O–H groups in total. The van der Waals surface area contributed by atoms with Crippen LogP contribution in [0.2, 0.25) is 0 Å². The first-order valence-corrected chi connectivity index (χ1v) is 20.4. The summed E-state index contributed by atoms with van der Waals surface area (Å²) in [6.45, 7) is 9.46. The normalized spacial score (nSPS) is 14.5. The van der Waals surface area contributed by atoms with Gasteiger partial charge in [-0.3, -0.25) is 0 Å². The summed E-state index contributed by atoms with van der Waals surface area (Å²) in [5, 5.41) is 7.04. The second kappa shape index (κ2) is 11.8. The number of nitrogens with zero attached hydrogens (tertiary/aromatic N) is 1. The van der Waals surface area contributed by atoms with E-state index in [9.17, 15) is 0 Å². The van der Waals surface area contributed by atoms with Gasteiger partial charge in [0.25, 0.3) is 0 Å². The zero-order valence-electron chi connectivity index (χ0n) is 33.1. The summed E-state index contributed by atoms with van der Waals surface area (Å²) in [6, 6.07) is 64.9. The molecule has 2 nitrogen and oxygen atoms in total. The molecule has 9 aromatic carbocycles. The van der Waals surface area contributed by atoms with Crippen LogP contribution in [-0.2, 0) is 10.8 Å². The fourth-order valence-corrected chi connectivity index (χ4v) is 10.6. The molecule has 2 aliphatic rings. The Labute approximate surface area is 338 Å². The molecule has 0 unspecified atom stereocenters. The summed E-state index contributed by atoms with van der Waals surface area (Å²) >= 11 is 0. The Bertz CT molecular complexity index is 3240. The fourth-order valence-electron chi connectivity index (χ4n) is 10.6. The molecule has 1 heterocycles. The summed E-state index contributed by atoms with van der Waals surface area (Å²) in [4.78, 5) is 2.46. The second-order valence-corrected chi connectivity index (χ2v) is 17.2. The largest absolute Gasteiger partial charge is 0.453 e. The van der Waals surface area contributed by atoms with Crippen LogP contribution in [0.1, 0.15) is 49.9 Å². The molecule has 58 heavy (non-hydrogen) atoms. The molecule has 0 amide bonds. The van der Waals surface area contributed by atoms with Crippen molar-refractivity contribution in [3.05, 3.63) is 198 Å². The molecule has 0 spiro atoms. The number of hydrogen-bond donors (Lipinski definition) is 0. The van der Waals surface area contributed by atoms with Crippen molar-refractivity contribution in [1.82, 2.24) is 0 Å². The van der Waals surface area contributed by atoms with E-state index in [1.54, 1.807) is 0 Å². The van der Waals surface area contributed by atoms with Gasteiger partial charge in [0.2, 0.25) is 0 Å². The average Bonchev–Trinajstić information content (AvgIpc) is 3.86. The highest BCUT2D eigenvalue weighted by molar-refractivity contribution is 6.33. The van der Waals surface area contributed by atoms with Crippen LogP contribution in [-0.4, -0.2) is 0 Å². The Morgan fingerprint density at radius 1 is 0.362 bits per heavy atom. The van der Waals surface area contributed by atoms with Gasteiger partial charge in [-0.15, -0.1) is 0 Å². The minimum absolute atomic E-state index is 0.154. The van der Waals surface area contributed by atoms with Gasteiger partial charge in [0.05, 0.1) is 5.69 Å². The molecule has 0 fully saturated rings. The summed E-state index contributed by atoms with van der Waals surface area (Å²) in [5.74, 6) is 0. The van der Waals surface area contributed by atoms with E-state index in [0.717, 1.165) is 50.0 Å². The van der Waals surface area contributed by atoms with Gasteiger partial charge in [-0.2, -0.15) is 0 Å². The molecule has 0 saturated heterocycles. The van der Waals surface area contributed by atoms with Gasteiger partial charge in [0.15, 0.2) is 5.58 Å². The first-order chi connectivity index (χ1) is 28.3. The number of furan rings is 1. The van der Waals surface area contributed by atoms with E-state index in [1.807, 2.05) is 0 Å². The van der Waals surface area contributed by atoms with E-state index in [0.29, 0.717) is 0 Å². The smallest absolute Gasteiger partial charge is 0.160 e. The topological polar surface area (TPSA) is 16.4 Å². The van der Waals surface area contributed by atoms with Crippen LogP contribution in [0.25, 0.3) is 76.9 Å². The quantitative estimate of drug-likeness (QED) is 0.167. The molecule has 0 bridgehead atoms. The fraction of sp³-hybridized carbons (Fsp3) is 0.107. The number of anilines is 3. The molecule has 12 rings (SSSR count). The minimum Gasteiger partial charge on any atom is -0.453 e. The van der Waals surface area contributed by atoms with E-state index in [1.165, 1.54) is 66.2 Å². The number of hydrogen-bond acceptors (Lipinski definition) is 2. The summed E-state index contributed by atoms with van der Waals surface area (Å²) < 4.78 is 7.42. The van der Waals surface area contributed by atoms with Crippen molar-refractivity contribution in [2.45, 2.75) is 38.5 Å². The standard InChI is InChI=1S/C56H41NO/c1-55(2)46-24-14-12-20-40(46)42-28-26-35(32-48(42)55)57(36-27-29-43-41-21-13-15-25-47(41)56(3,4)49(43)33-36)50-31-30-37(34-16-6-5-7-17-34)51-52-44-22-10-8-18-38(44)39-19-9-11-23-45(39)53(52)58-54(50)51/h5-33H,1-4H3. The third-order valence-corrected chi connectivity index (χ3v) is 13.5. The highest BCUT2D eigenvalue weighted by Crippen LogP contribution is 2.55. The highest BCUT2D eigenvalue weighted by atomic mass is 16.3. The minimum atomic E-state index is -0.154. The lowest BCUT2D eigenvalue weighted by Gasteiger charge is -2.30. The van der Waals surface area contributed by atoms with Crippen LogP contribution in [0, 0.1) is 0 Å². The van der Waals surface area contributed by atoms with Gasteiger partial charge in [0, 0.05) is 38.4 Å². The molecule has 0 aliphatic heterocycles. The van der Waals surface area contributed by atoms with Crippen molar-refractivity contribution in [3.63, 3.8) is 0 Å². The Kier molecular flexibility index (Phi) is 6.78. The van der Waals surface area contributed by atoms with Crippen molar-refractivity contribution >= 4 is 60.5 Å². The monoisotopic (exact) mass is 743 g/mol. The van der Waals surface area contributed by atoms with E-state index >= 15 is 0 Å². The zero-order valence-corrected chi connectivity index (χ0v) is 33.1. The number of benzene rings is 9. The van der Waals surface area contributed by atoms with Gasteiger partial charge in [-0.25, -0.2) is 0 Å². The summed E-state index contributed by atoms with van der Waals surface area (Å²) in [6.07, 6.45) is 0. The van der Waals surface area contributed by atoms with E-state index in [-0.39, 0.29) is 10.8 Å². The highest BCUT2D eigenvalue weighted by Gasteiger charge is 2.38. The van der Waals surface area contributed by atoms with Crippen molar-refractivity contribution in [3.8, 4) is 33.4 Å². The van der Waals surface area contributed by atoms with E-state index in [4.69, 9.17) is 4.42 Å². The zero-order chi connectivity index (χ0) is 38.9. The van der Waals surface area contributed by atoms with Crippen molar-refractivity contribution in [1.29, 1.82) is 0 Å². The molecular weight excluding hydrogens is 703 g/mol. The maximum atomic E-state index is 7.42. The molecule has 1 aromatic heterocycles. The van der Waals surface area contributed by atoms with Crippen LogP contribution in [0.4, 0.5) is 17.1 Å². The molecule has 2 aliphatic carbocycles. The maximum absolute atomic E-state index is 7.42. The second-order valence-electron chi connectivity index (χ2n) is 17.2. The summed E-state index contributed by atoms with van der Waals surface area (Å²) in [7, 11) is 0. The van der Waals surface area contributed by atoms with Crippen LogP contribution in [0.5, 0.6) is 0 Å². The van der Waals surface area contributed by atoms with Gasteiger partial charge < -0.3 is 9.32 Å². The van der Waals surface area contributed by atoms with E-state index < -0.39 is 0 Å². The first-order valence-electron chi connectivity index (χ1n) is 20.4. The van der Waals surface area contributed by atoms with E-state index in [2.05, 4.69) is 209 Å². The first kappa shape index (κ1) is 33.3. The predicted molar refractivity (Wildman–Crippen MR) is 244 cm³/mol. The molecule has 0 radical (unpaired) electrons. The van der Waals surface area contributed by atoms with Crippen molar-refractivity contribution in [2.75, 3.05) is 4.90 Å². The third kappa shape index (κ3) is 4.43. The van der Waals surface area contributed by atoms with Gasteiger partial charge >= 0.3 is 0 Å². The molecule has 276 valence electrons. The Morgan fingerprint density at radius 2 is 0.828 bits per heavy atom. The molecule has 0 saturated carbocycles. The molecule has 0 atom stereocenters. The lowest BCUT2D eigenvalue weighted by atomic mass is 9.82. The SMILES string of the molecule is CC1(C)c2ccccc2-c2ccc(N(c3ccc4c(c3)C(C)(C)c3ccccc3-4)c3ccc(-c4ccccc4)c4c3oc3c5ccccc5c5ccccc5c34)cc21. The van der Waals surface area contributed by atoms with Crippen LogP contribution in [0.15, 0.2) is 180 Å². The van der Waals surface area contributed by atoms with Crippen molar-refractivity contribution in [2.24, 2.45) is 0 Å². The number of fused-ring (bicyclic) bond motifs is 14. The Morgan fingerprint density at radius 3 is 1.43 bits per heavy atom. The van der Waals surface area contributed by atoms with Crippen LogP contribution in [0.3, 0.4) is 0 Å². The lowest BCUT2D eigenvalue weighted by molar-refractivity contribution is 0.660. The van der Waals surface area contributed by atoms with Crippen molar-refractivity contribution < 1.29 is 4.42 Å². The number of rotatable bonds is 4. The molecule has 10 aromatic rings. The van der Waals surface area contributed by atoms with Crippen LogP contribution >= 0.6 is 0 Å². The van der Waals surface area contributed by atoms with Gasteiger partial charge in [0.1, 0.15) is 5.58 Å². The van der Waals surface area contributed by atoms with Gasteiger partial charge in [-0.05, 0) is 102 Å². The average molecular weight is 744 g/mol. The Balaban J connectivity index is 1.20. The predicted octanol–water partition coefficient (Wildman–Crippen LogP) is 15.6. The molecular formula is C56H41NO. The molecule has 2 heteroatoms.